The molecule has 0 spiro atoms. The molecule has 0 amide bonds. The second-order valence-electron chi connectivity index (χ2n) is 4.74. The summed E-state index contributed by atoms with van der Waals surface area (Å²) < 4.78 is 2.20. The van der Waals surface area contributed by atoms with Gasteiger partial charge in [-0.25, -0.2) is 4.98 Å². The number of nitrogens with zero attached hydrogens (tertiary/aromatic N) is 3. The number of nitrogens with one attached hydrogen (secondary N) is 1. The Labute approximate surface area is 104 Å². The van der Waals surface area contributed by atoms with Crippen molar-refractivity contribution in [2.45, 2.75) is 45.8 Å². The molecule has 0 aliphatic carbocycles. The lowest BCUT2D eigenvalue weighted by atomic mass is 10.1. The Bertz CT molecular complexity index is 334. The summed E-state index contributed by atoms with van der Waals surface area (Å²) >= 11 is 0. The van der Waals surface area contributed by atoms with Crippen LogP contribution < -0.4 is 5.32 Å². The van der Waals surface area contributed by atoms with E-state index in [-0.39, 0.29) is 0 Å². The standard InChI is InChI=1S/C13H24N4/c1-3-16-8-5-6-12(11-16)15-10-13-14-7-9-17(13)4-2/h7,9,12,15H,3-6,8,10-11H2,1-2H3. The van der Waals surface area contributed by atoms with E-state index in [2.05, 4.69) is 39.8 Å². The third kappa shape index (κ3) is 3.30. The number of likely N-dealkylation sites (tertiary alicyclic amines) is 1. The van der Waals surface area contributed by atoms with E-state index in [0.29, 0.717) is 6.04 Å². The highest BCUT2D eigenvalue weighted by Gasteiger charge is 2.18. The number of aryl methyl sites for hydroxylation is 1. The van der Waals surface area contributed by atoms with E-state index in [1.165, 1.54) is 32.5 Å². The molecule has 0 bridgehead atoms. The van der Waals surface area contributed by atoms with Crippen molar-refractivity contribution in [3.05, 3.63) is 18.2 Å². The van der Waals surface area contributed by atoms with Gasteiger partial charge in [-0.15, -0.1) is 0 Å². The molecule has 2 heterocycles. The minimum absolute atomic E-state index is 0.630. The second-order valence-corrected chi connectivity index (χ2v) is 4.74. The first-order valence-electron chi connectivity index (χ1n) is 6.79. The molecule has 0 radical (unpaired) electrons. The van der Waals surface area contributed by atoms with Crippen LogP contribution in [0.1, 0.15) is 32.5 Å². The Balaban J connectivity index is 1.81. The summed E-state index contributed by atoms with van der Waals surface area (Å²) in [7, 11) is 0. The van der Waals surface area contributed by atoms with Gasteiger partial charge in [0.2, 0.25) is 0 Å². The molecular weight excluding hydrogens is 212 g/mol. The monoisotopic (exact) mass is 236 g/mol. The number of aromatic nitrogens is 2. The SMILES string of the molecule is CCN1CCCC(NCc2nccn2CC)C1. The third-order valence-corrected chi connectivity index (χ3v) is 3.64. The first-order valence-corrected chi connectivity index (χ1v) is 6.79. The van der Waals surface area contributed by atoms with Crippen LogP contribution in [0.4, 0.5) is 0 Å². The van der Waals surface area contributed by atoms with Crippen molar-refractivity contribution in [2.75, 3.05) is 19.6 Å². The van der Waals surface area contributed by atoms with Crippen molar-refractivity contribution < 1.29 is 0 Å². The first-order chi connectivity index (χ1) is 8.33. The van der Waals surface area contributed by atoms with E-state index < -0.39 is 0 Å². The number of hydrogen-bond donors (Lipinski definition) is 1. The smallest absolute Gasteiger partial charge is 0.122 e. The highest BCUT2D eigenvalue weighted by Crippen LogP contribution is 2.10. The molecule has 4 nitrogen and oxygen atoms in total. The molecule has 1 aliphatic heterocycles. The largest absolute Gasteiger partial charge is 0.334 e. The topological polar surface area (TPSA) is 33.1 Å². The number of imidazole rings is 1. The molecule has 1 fully saturated rings. The van der Waals surface area contributed by atoms with Crippen LogP contribution in [-0.4, -0.2) is 40.1 Å². The van der Waals surface area contributed by atoms with Crippen LogP contribution in [0.2, 0.25) is 0 Å². The molecule has 1 N–H and O–H groups in total. The highest BCUT2D eigenvalue weighted by atomic mass is 15.2. The number of hydrogen-bond acceptors (Lipinski definition) is 3. The summed E-state index contributed by atoms with van der Waals surface area (Å²) in [5.74, 6) is 1.15. The Morgan fingerprint density at radius 3 is 3.06 bits per heavy atom. The molecule has 1 atom stereocenters. The van der Waals surface area contributed by atoms with Crippen molar-refractivity contribution in [1.29, 1.82) is 0 Å². The molecule has 17 heavy (non-hydrogen) atoms. The Morgan fingerprint density at radius 2 is 2.29 bits per heavy atom. The number of likely N-dealkylation sites (N-methyl/N-ethyl adjacent to an activating group) is 1. The summed E-state index contributed by atoms with van der Waals surface area (Å²) in [6.45, 7) is 9.91. The number of piperidine rings is 1. The van der Waals surface area contributed by atoms with Crippen molar-refractivity contribution >= 4 is 0 Å². The van der Waals surface area contributed by atoms with E-state index in [0.717, 1.165) is 18.9 Å². The number of rotatable bonds is 5. The van der Waals surface area contributed by atoms with E-state index in [9.17, 15) is 0 Å². The van der Waals surface area contributed by atoms with E-state index in [1.54, 1.807) is 0 Å². The van der Waals surface area contributed by atoms with Gasteiger partial charge < -0.3 is 14.8 Å². The molecule has 0 aromatic carbocycles. The van der Waals surface area contributed by atoms with Gasteiger partial charge in [0.15, 0.2) is 0 Å². The molecule has 1 aromatic rings. The van der Waals surface area contributed by atoms with Crippen molar-refractivity contribution in [3.63, 3.8) is 0 Å². The molecule has 0 saturated carbocycles. The van der Waals surface area contributed by atoms with Gasteiger partial charge in [0.1, 0.15) is 5.82 Å². The summed E-state index contributed by atoms with van der Waals surface area (Å²) in [6.07, 6.45) is 6.55. The van der Waals surface area contributed by atoms with Crippen LogP contribution in [0, 0.1) is 0 Å². The van der Waals surface area contributed by atoms with Gasteiger partial charge in [-0.3, -0.25) is 0 Å². The minimum Gasteiger partial charge on any atom is -0.334 e. The van der Waals surface area contributed by atoms with Crippen LogP contribution in [0.15, 0.2) is 12.4 Å². The van der Waals surface area contributed by atoms with E-state index in [1.807, 2.05) is 6.20 Å². The molecule has 2 rings (SSSR count). The average molecular weight is 236 g/mol. The first kappa shape index (κ1) is 12.6. The van der Waals surface area contributed by atoms with E-state index >= 15 is 0 Å². The van der Waals surface area contributed by atoms with Gasteiger partial charge in [0.05, 0.1) is 6.54 Å². The van der Waals surface area contributed by atoms with Gasteiger partial charge >= 0.3 is 0 Å². The lowest BCUT2D eigenvalue weighted by Gasteiger charge is -2.32. The van der Waals surface area contributed by atoms with Crippen LogP contribution in [0.25, 0.3) is 0 Å². The predicted molar refractivity (Wildman–Crippen MR) is 69.9 cm³/mol. The van der Waals surface area contributed by atoms with Crippen molar-refractivity contribution in [3.8, 4) is 0 Å². The molecule has 1 saturated heterocycles. The van der Waals surface area contributed by atoms with Crippen molar-refractivity contribution in [1.82, 2.24) is 19.8 Å². The fourth-order valence-electron chi connectivity index (χ4n) is 2.54. The maximum atomic E-state index is 4.40. The third-order valence-electron chi connectivity index (χ3n) is 3.64. The predicted octanol–water partition coefficient (Wildman–Crippen LogP) is 1.48. The van der Waals surface area contributed by atoms with Crippen LogP contribution in [0.5, 0.6) is 0 Å². The van der Waals surface area contributed by atoms with Crippen LogP contribution in [0.3, 0.4) is 0 Å². The molecule has 96 valence electrons. The van der Waals surface area contributed by atoms with Crippen LogP contribution in [-0.2, 0) is 13.1 Å². The molecular formula is C13H24N4. The Morgan fingerprint density at radius 1 is 1.41 bits per heavy atom. The normalized spacial score (nSPS) is 21.9. The quantitative estimate of drug-likeness (QED) is 0.840. The maximum absolute atomic E-state index is 4.40. The van der Waals surface area contributed by atoms with Gasteiger partial charge in [0, 0.05) is 31.5 Å². The lowest BCUT2D eigenvalue weighted by Crippen LogP contribution is -2.45. The zero-order valence-corrected chi connectivity index (χ0v) is 11.0. The Hall–Kier alpha value is -0.870. The fourth-order valence-corrected chi connectivity index (χ4v) is 2.54. The van der Waals surface area contributed by atoms with Crippen LogP contribution >= 0.6 is 0 Å². The van der Waals surface area contributed by atoms with Gasteiger partial charge in [0.25, 0.3) is 0 Å². The maximum Gasteiger partial charge on any atom is 0.122 e. The van der Waals surface area contributed by atoms with Gasteiger partial charge in [-0.05, 0) is 32.9 Å². The van der Waals surface area contributed by atoms with Crippen molar-refractivity contribution in [2.24, 2.45) is 0 Å². The fraction of sp³-hybridized carbons (Fsp3) is 0.769. The summed E-state index contributed by atoms with van der Waals surface area (Å²) in [4.78, 5) is 6.92. The molecule has 1 unspecified atom stereocenters. The second kappa shape index (κ2) is 6.17. The zero-order chi connectivity index (χ0) is 12.1. The molecule has 4 heteroatoms. The zero-order valence-electron chi connectivity index (χ0n) is 11.0. The molecule has 1 aliphatic rings. The lowest BCUT2D eigenvalue weighted by molar-refractivity contribution is 0.197. The highest BCUT2D eigenvalue weighted by molar-refractivity contribution is 4.92. The van der Waals surface area contributed by atoms with Gasteiger partial charge in [-0.2, -0.15) is 0 Å². The average Bonchev–Trinajstić information content (AvgIpc) is 2.84. The molecule has 1 aromatic heterocycles. The summed E-state index contributed by atoms with van der Waals surface area (Å²) in [5.41, 5.74) is 0. The van der Waals surface area contributed by atoms with Gasteiger partial charge in [-0.1, -0.05) is 6.92 Å². The minimum atomic E-state index is 0.630. The summed E-state index contributed by atoms with van der Waals surface area (Å²) in [5, 5.41) is 3.64. The van der Waals surface area contributed by atoms with E-state index in [4.69, 9.17) is 0 Å². The Kier molecular flexibility index (Phi) is 4.57. The summed E-state index contributed by atoms with van der Waals surface area (Å²) in [6, 6.07) is 0.630.